The number of rotatable bonds is 4. The van der Waals surface area contributed by atoms with E-state index in [1.54, 1.807) is 11.3 Å². The van der Waals surface area contributed by atoms with Crippen molar-refractivity contribution in [2.75, 3.05) is 13.2 Å². The SMILES string of the molecule is Clc1ccsc1CNCC1CCCO1. The smallest absolute Gasteiger partial charge is 0.0700 e. The topological polar surface area (TPSA) is 21.3 Å². The molecule has 2 heterocycles. The summed E-state index contributed by atoms with van der Waals surface area (Å²) in [6.07, 6.45) is 2.80. The Balaban J connectivity index is 1.70. The standard InChI is InChI=1S/C10H14ClNOS/c11-9-3-5-14-10(9)7-12-6-8-2-1-4-13-8/h3,5,8,12H,1-2,4,6-7H2. The summed E-state index contributed by atoms with van der Waals surface area (Å²) in [5, 5.41) is 6.26. The van der Waals surface area contributed by atoms with Crippen LogP contribution in [-0.4, -0.2) is 19.3 Å². The Kier molecular flexibility index (Phi) is 3.81. The van der Waals surface area contributed by atoms with E-state index in [-0.39, 0.29) is 0 Å². The van der Waals surface area contributed by atoms with E-state index >= 15 is 0 Å². The lowest BCUT2D eigenvalue weighted by Gasteiger charge is -2.09. The third kappa shape index (κ3) is 2.70. The quantitative estimate of drug-likeness (QED) is 0.861. The molecule has 1 saturated heterocycles. The zero-order valence-electron chi connectivity index (χ0n) is 7.96. The predicted octanol–water partition coefficient (Wildman–Crippen LogP) is 2.67. The van der Waals surface area contributed by atoms with Gasteiger partial charge in [-0.1, -0.05) is 11.6 Å². The first kappa shape index (κ1) is 10.4. The van der Waals surface area contributed by atoms with Gasteiger partial charge < -0.3 is 10.1 Å². The fourth-order valence-corrected chi connectivity index (χ4v) is 2.68. The minimum Gasteiger partial charge on any atom is -0.377 e. The number of thiophene rings is 1. The number of halogens is 1. The number of hydrogen-bond donors (Lipinski definition) is 1. The molecular weight excluding hydrogens is 218 g/mol. The highest BCUT2D eigenvalue weighted by atomic mass is 35.5. The summed E-state index contributed by atoms with van der Waals surface area (Å²) in [6.45, 7) is 2.72. The van der Waals surface area contributed by atoms with Gasteiger partial charge in [0.1, 0.15) is 0 Å². The third-order valence-corrected chi connectivity index (χ3v) is 3.76. The zero-order valence-corrected chi connectivity index (χ0v) is 9.53. The maximum Gasteiger partial charge on any atom is 0.0700 e. The summed E-state index contributed by atoms with van der Waals surface area (Å²) in [5.41, 5.74) is 0. The second-order valence-electron chi connectivity index (χ2n) is 3.46. The second-order valence-corrected chi connectivity index (χ2v) is 4.87. The normalized spacial score (nSPS) is 21.6. The van der Waals surface area contributed by atoms with Crippen LogP contribution in [0.1, 0.15) is 17.7 Å². The molecule has 1 aromatic rings. The summed E-state index contributed by atoms with van der Waals surface area (Å²) in [7, 11) is 0. The van der Waals surface area contributed by atoms with Gasteiger partial charge in [0.2, 0.25) is 0 Å². The van der Waals surface area contributed by atoms with E-state index < -0.39 is 0 Å². The van der Waals surface area contributed by atoms with Crippen molar-refractivity contribution >= 4 is 22.9 Å². The highest BCUT2D eigenvalue weighted by Gasteiger charge is 2.14. The first-order chi connectivity index (χ1) is 6.86. The largest absolute Gasteiger partial charge is 0.377 e. The summed E-state index contributed by atoms with van der Waals surface area (Å²) in [4.78, 5) is 1.21. The van der Waals surface area contributed by atoms with Gasteiger partial charge in [0.15, 0.2) is 0 Å². The molecule has 14 heavy (non-hydrogen) atoms. The van der Waals surface area contributed by atoms with Crippen LogP contribution in [0.3, 0.4) is 0 Å². The minimum atomic E-state index is 0.411. The Morgan fingerprint density at radius 2 is 2.57 bits per heavy atom. The van der Waals surface area contributed by atoms with Crippen LogP contribution in [0.4, 0.5) is 0 Å². The predicted molar refractivity (Wildman–Crippen MR) is 60.0 cm³/mol. The molecule has 78 valence electrons. The van der Waals surface area contributed by atoms with Crippen molar-refractivity contribution in [2.24, 2.45) is 0 Å². The number of ether oxygens (including phenoxy) is 1. The second kappa shape index (κ2) is 5.12. The van der Waals surface area contributed by atoms with Crippen molar-refractivity contribution in [1.82, 2.24) is 5.32 Å². The van der Waals surface area contributed by atoms with Crippen molar-refractivity contribution in [3.05, 3.63) is 21.3 Å². The highest BCUT2D eigenvalue weighted by Crippen LogP contribution is 2.21. The maximum absolute atomic E-state index is 5.97. The lowest BCUT2D eigenvalue weighted by molar-refractivity contribution is 0.110. The molecule has 4 heteroatoms. The summed E-state index contributed by atoms with van der Waals surface area (Å²) >= 11 is 7.67. The number of hydrogen-bond acceptors (Lipinski definition) is 3. The molecule has 2 rings (SSSR count). The van der Waals surface area contributed by atoms with E-state index in [0.29, 0.717) is 6.10 Å². The lowest BCUT2D eigenvalue weighted by atomic mass is 10.2. The maximum atomic E-state index is 5.97. The fourth-order valence-electron chi connectivity index (χ4n) is 1.60. The van der Waals surface area contributed by atoms with E-state index in [2.05, 4.69) is 5.32 Å². The van der Waals surface area contributed by atoms with Crippen LogP contribution >= 0.6 is 22.9 Å². The van der Waals surface area contributed by atoms with Gasteiger partial charge in [-0.2, -0.15) is 0 Å². The molecule has 1 aliphatic heterocycles. The molecule has 0 amide bonds. The van der Waals surface area contributed by atoms with Crippen LogP contribution in [0.2, 0.25) is 5.02 Å². The van der Waals surface area contributed by atoms with Crippen molar-refractivity contribution < 1.29 is 4.74 Å². The molecule has 2 nitrogen and oxygen atoms in total. The molecule has 0 saturated carbocycles. The van der Waals surface area contributed by atoms with Gasteiger partial charge in [-0.05, 0) is 24.3 Å². The summed E-state index contributed by atoms with van der Waals surface area (Å²) in [6, 6.07) is 1.94. The van der Waals surface area contributed by atoms with Crippen LogP contribution in [0.15, 0.2) is 11.4 Å². The molecule has 0 spiro atoms. The molecule has 1 atom stereocenters. The Morgan fingerprint density at radius 3 is 3.21 bits per heavy atom. The highest BCUT2D eigenvalue weighted by molar-refractivity contribution is 7.10. The van der Waals surface area contributed by atoms with Crippen LogP contribution in [0.25, 0.3) is 0 Å². The van der Waals surface area contributed by atoms with E-state index in [0.717, 1.165) is 24.7 Å². The Morgan fingerprint density at radius 1 is 1.64 bits per heavy atom. The zero-order chi connectivity index (χ0) is 9.80. The van der Waals surface area contributed by atoms with Crippen LogP contribution in [0.5, 0.6) is 0 Å². The van der Waals surface area contributed by atoms with Crippen LogP contribution in [-0.2, 0) is 11.3 Å². The van der Waals surface area contributed by atoms with Crippen molar-refractivity contribution in [3.63, 3.8) is 0 Å². The molecule has 0 aliphatic carbocycles. The van der Waals surface area contributed by atoms with Gasteiger partial charge >= 0.3 is 0 Å². The molecular formula is C10H14ClNOS. The first-order valence-corrected chi connectivity index (χ1v) is 6.16. The molecule has 0 radical (unpaired) electrons. The van der Waals surface area contributed by atoms with E-state index in [1.807, 2.05) is 11.4 Å². The first-order valence-electron chi connectivity index (χ1n) is 4.90. The minimum absolute atomic E-state index is 0.411. The Bertz CT molecular complexity index is 283. The van der Waals surface area contributed by atoms with E-state index in [4.69, 9.17) is 16.3 Å². The average molecular weight is 232 g/mol. The average Bonchev–Trinajstić information content (AvgIpc) is 2.78. The molecule has 1 fully saturated rings. The number of nitrogens with one attached hydrogen (secondary N) is 1. The van der Waals surface area contributed by atoms with Crippen molar-refractivity contribution in [2.45, 2.75) is 25.5 Å². The van der Waals surface area contributed by atoms with Gasteiger partial charge in [0.25, 0.3) is 0 Å². The Labute approximate surface area is 93.2 Å². The fraction of sp³-hybridized carbons (Fsp3) is 0.600. The van der Waals surface area contributed by atoms with Gasteiger partial charge in [-0.15, -0.1) is 11.3 Å². The summed E-state index contributed by atoms with van der Waals surface area (Å²) < 4.78 is 5.51. The molecule has 1 aromatic heterocycles. The molecule has 1 unspecified atom stereocenters. The Hall–Kier alpha value is -0.0900. The third-order valence-electron chi connectivity index (χ3n) is 2.37. The molecule has 0 bridgehead atoms. The van der Waals surface area contributed by atoms with Crippen LogP contribution < -0.4 is 5.32 Å². The van der Waals surface area contributed by atoms with Crippen LogP contribution in [0, 0.1) is 0 Å². The van der Waals surface area contributed by atoms with Gasteiger partial charge in [-0.3, -0.25) is 0 Å². The molecule has 1 aliphatic rings. The summed E-state index contributed by atoms with van der Waals surface area (Å²) in [5.74, 6) is 0. The van der Waals surface area contributed by atoms with Gasteiger partial charge in [0.05, 0.1) is 11.1 Å². The molecule has 1 N–H and O–H groups in total. The van der Waals surface area contributed by atoms with Gasteiger partial charge in [-0.25, -0.2) is 0 Å². The lowest BCUT2D eigenvalue weighted by Crippen LogP contribution is -2.25. The molecule has 0 aromatic carbocycles. The van der Waals surface area contributed by atoms with Crippen molar-refractivity contribution in [3.8, 4) is 0 Å². The van der Waals surface area contributed by atoms with Crippen molar-refractivity contribution in [1.29, 1.82) is 0 Å². The monoisotopic (exact) mass is 231 g/mol. The van der Waals surface area contributed by atoms with E-state index in [9.17, 15) is 0 Å². The van der Waals surface area contributed by atoms with E-state index in [1.165, 1.54) is 17.7 Å². The van der Waals surface area contributed by atoms with Gasteiger partial charge in [0, 0.05) is 24.6 Å².